The second-order valence-electron chi connectivity index (χ2n) is 2.35. The van der Waals surface area contributed by atoms with Crippen molar-refractivity contribution in [2.24, 2.45) is 0 Å². The first-order valence-electron chi connectivity index (χ1n) is 3.51. The summed E-state index contributed by atoms with van der Waals surface area (Å²) < 4.78 is 5.74. The molecular formula is C8H4Br2N2S. The summed E-state index contributed by atoms with van der Waals surface area (Å²) in [7, 11) is 0. The highest BCUT2D eigenvalue weighted by atomic mass is 79.9. The Morgan fingerprint density at radius 3 is 2.54 bits per heavy atom. The molecule has 66 valence electrons. The molecule has 1 aromatic heterocycles. The first-order valence-corrected chi connectivity index (χ1v) is 5.87. The molecule has 1 aromatic carbocycles. The average Bonchev–Trinajstić information content (AvgIpc) is 2.53. The molecule has 2 nitrogen and oxygen atoms in total. The summed E-state index contributed by atoms with van der Waals surface area (Å²) in [6.07, 6.45) is 0. The van der Waals surface area contributed by atoms with Crippen LogP contribution in [0.15, 0.2) is 33.5 Å². The van der Waals surface area contributed by atoms with Crippen molar-refractivity contribution in [2.45, 2.75) is 0 Å². The summed E-state index contributed by atoms with van der Waals surface area (Å²) in [5, 5.41) is 0.916. The standard InChI is InChI=1S/C8H4Br2N2S/c9-6-4-2-1-3-5(6)7-11-8(10)12-13-7/h1-4H. The van der Waals surface area contributed by atoms with Gasteiger partial charge in [0.15, 0.2) is 0 Å². The zero-order chi connectivity index (χ0) is 9.26. The highest BCUT2D eigenvalue weighted by molar-refractivity contribution is 9.10. The Morgan fingerprint density at radius 1 is 1.15 bits per heavy atom. The van der Waals surface area contributed by atoms with Crippen LogP contribution in [0, 0.1) is 0 Å². The van der Waals surface area contributed by atoms with Gasteiger partial charge in [-0.15, -0.1) is 0 Å². The van der Waals surface area contributed by atoms with Crippen LogP contribution < -0.4 is 0 Å². The molecule has 0 amide bonds. The van der Waals surface area contributed by atoms with Crippen molar-refractivity contribution in [1.82, 2.24) is 9.36 Å². The summed E-state index contributed by atoms with van der Waals surface area (Å²) >= 11 is 8.07. The highest BCUT2D eigenvalue weighted by Crippen LogP contribution is 2.29. The zero-order valence-corrected chi connectivity index (χ0v) is 10.4. The molecule has 0 spiro atoms. The molecule has 0 saturated carbocycles. The van der Waals surface area contributed by atoms with Gasteiger partial charge in [-0.3, -0.25) is 0 Å². The first kappa shape index (κ1) is 9.30. The van der Waals surface area contributed by atoms with Crippen LogP contribution in [0.1, 0.15) is 0 Å². The monoisotopic (exact) mass is 318 g/mol. The normalized spacial score (nSPS) is 10.3. The van der Waals surface area contributed by atoms with E-state index >= 15 is 0 Å². The van der Waals surface area contributed by atoms with E-state index in [2.05, 4.69) is 41.2 Å². The summed E-state index contributed by atoms with van der Waals surface area (Å²) in [6, 6.07) is 7.96. The Morgan fingerprint density at radius 2 is 1.92 bits per heavy atom. The second-order valence-corrected chi connectivity index (χ2v) is 4.66. The second kappa shape index (κ2) is 3.86. The Balaban J connectivity index is 2.52. The van der Waals surface area contributed by atoms with Gasteiger partial charge in [-0.05, 0) is 33.5 Å². The topological polar surface area (TPSA) is 25.8 Å². The third-order valence-corrected chi connectivity index (χ3v) is 3.53. The molecule has 0 fully saturated rings. The van der Waals surface area contributed by atoms with Crippen molar-refractivity contribution in [2.75, 3.05) is 0 Å². The fourth-order valence-electron chi connectivity index (χ4n) is 0.950. The van der Waals surface area contributed by atoms with Gasteiger partial charge in [0.2, 0.25) is 4.73 Å². The van der Waals surface area contributed by atoms with Crippen molar-refractivity contribution in [3.05, 3.63) is 33.5 Å². The smallest absolute Gasteiger partial charge is 0.209 e. The van der Waals surface area contributed by atoms with Gasteiger partial charge in [-0.25, -0.2) is 4.98 Å². The minimum absolute atomic E-state index is 0.642. The third-order valence-electron chi connectivity index (χ3n) is 1.51. The molecule has 1 heterocycles. The predicted octanol–water partition coefficient (Wildman–Crippen LogP) is 3.73. The molecule has 2 rings (SSSR count). The van der Waals surface area contributed by atoms with Crippen molar-refractivity contribution in [3.63, 3.8) is 0 Å². The molecule has 5 heteroatoms. The predicted molar refractivity (Wildman–Crippen MR) is 60.7 cm³/mol. The lowest BCUT2D eigenvalue weighted by Gasteiger charge is -1.96. The fourth-order valence-corrected chi connectivity index (χ4v) is 2.67. The van der Waals surface area contributed by atoms with Gasteiger partial charge in [0, 0.05) is 10.0 Å². The molecule has 2 aromatic rings. The number of benzene rings is 1. The van der Waals surface area contributed by atoms with E-state index < -0.39 is 0 Å². The van der Waals surface area contributed by atoms with Gasteiger partial charge in [0.1, 0.15) is 5.01 Å². The van der Waals surface area contributed by atoms with Crippen LogP contribution in [-0.2, 0) is 0 Å². The number of halogens is 2. The molecule has 0 radical (unpaired) electrons. The van der Waals surface area contributed by atoms with E-state index in [4.69, 9.17) is 0 Å². The summed E-state index contributed by atoms with van der Waals surface area (Å²) in [6.45, 7) is 0. The molecule has 0 bridgehead atoms. The third kappa shape index (κ3) is 1.98. The molecule has 0 N–H and O–H groups in total. The molecular weight excluding hydrogens is 316 g/mol. The maximum Gasteiger partial charge on any atom is 0.209 e. The Kier molecular flexibility index (Phi) is 2.76. The summed E-state index contributed by atoms with van der Waals surface area (Å²) in [4.78, 5) is 4.24. The van der Waals surface area contributed by atoms with E-state index in [1.807, 2.05) is 24.3 Å². The SMILES string of the molecule is Brc1nsc(-c2ccccc2Br)n1. The van der Waals surface area contributed by atoms with E-state index in [9.17, 15) is 0 Å². The number of rotatable bonds is 1. The maximum absolute atomic E-state index is 4.24. The van der Waals surface area contributed by atoms with Crippen molar-refractivity contribution in [1.29, 1.82) is 0 Å². The Bertz CT molecular complexity index is 428. The van der Waals surface area contributed by atoms with Gasteiger partial charge < -0.3 is 0 Å². The van der Waals surface area contributed by atoms with E-state index in [0.29, 0.717) is 4.73 Å². The van der Waals surface area contributed by atoms with E-state index in [-0.39, 0.29) is 0 Å². The van der Waals surface area contributed by atoms with Crippen LogP contribution in [0.3, 0.4) is 0 Å². The number of nitrogens with zero attached hydrogens (tertiary/aromatic N) is 2. The van der Waals surface area contributed by atoms with E-state index in [1.54, 1.807) is 0 Å². The molecule has 0 atom stereocenters. The average molecular weight is 320 g/mol. The highest BCUT2D eigenvalue weighted by Gasteiger charge is 2.06. The van der Waals surface area contributed by atoms with E-state index in [0.717, 1.165) is 15.0 Å². The zero-order valence-electron chi connectivity index (χ0n) is 6.37. The minimum atomic E-state index is 0.642. The molecule has 0 saturated heterocycles. The van der Waals surface area contributed by atoms with Crippen molar-refractivity contribution < 1.29 is 0 Å². The van der Waals surface area contributed by atoms with Crippen LogP contribution in [0.5, 0.6) is 0 Å². The quantitative estimate of drug-likeness (QED) is 0.800. The van der Waals surface area contributed by atoms with Gasteiger partial charge in [-0.1, -0.05) is 34.1 Å². The first-order chi connectivity index (χ1) is 6.27. The van der Waals surface area contributed by atoms with Crippen LogP contribution in [0.2, 0.25) is 0 Å². The maximum atomic E-state index is 4.24. The summed E-state index contributed by atoms with van der Waals surface area (Å²) in [5.41, 5.74) is 1.07. The van der Waals surface area contributed by atoms with Crippen LogP contribution >= 0.6 is 43.4 Å². The molecule has 0 aliphatic rings. The number of aromatic nitrogens is 2. The lowest BCUT2D eigenvalue weighted by Crippen LogP contribution is -1.76. The van der Waals surface area contributed by atoms with Crippen LogP contribution in [-0.4, -0.2) is 9.36 Å². The number of hydrogen-bond acceptors (Lipinski definition) is 3. The van der Waals surface area contributed by atoms with Crippen molar-refractivity contribution in [3.8, 4) is 10.6 Å². The van der Waals surface area contributed by atoms with Crippen LogP contribution in [0.4, 0.5) is 0 Å². The molecule has 13 heavy (non-hydrogen) atoms. The van der Waals surface area contributed by atoms with Crippen molar-refractivity contribution >= 4 is 43.4 Å². The van der Waals surface area contributed by atoms with Gasteiger partial charge in [0.25, 0.3) is 0 Å². The minimum Gasteiger partial charge on any atom is -0.209 e. The fraction of sp³-hybridized carbons (Fsp3) is 0. The molecule has 0 aliphatic heterocycles. The van der Waals surface area contributed by atoms with Gasteiger partial charge in [-0.2, -0.15) is 4.37 Å². The molecule has 0 aliphatic carbocycles. The largest absolute Gasteiger partial charge is 0.209 e. The van der Waals surface area contributed by atoms with Gasteiger partial charge >= 0.3 is 0 Å². The lowest BCUT2D eigenvalue weighted by molar-refractivity contribution is 1.26. The Hall–Kier alpha value is -0.260. The van der Waals surface area contributed by atoms with Gasteiger partial charge in [0.05, 0.1) is 0 Å². The van der Waals surface area contributed by atoms with E-state index in [1.165, 1.54) is 11.5 Å². The summed E-state index contributed by atoms with van der Waals surface area (Å²) in [5.74, 6) is 0. The molecule has 0 unspecified atom stereocenters. The number of hydrogen-bond donors (Lipinski definition) is 0. The van der Waals surface area contributed by atoms with Crippen LogP contribution in [0.25, 0.3) is 10.6 Å². The lowest BCUT2D eigenvalue weighted by atomic mass is 10.2. The Labute approximate surface area is 96.4 Å².